The number of nitrogens with one attached hydrogen (secondary N) is 1. The molecular formula is C16H26N4O2. The average Bonchev–Trinajstić information content (AvgIpc) is 2.94. The lowest BCUT2D eigenvalue weighted by Gasteiger charge is -2.57. The number of carbonyl (C=O) groups is 1. The van der Waals surface area contributed by atoms with Gasteiger partial charge in [0, 0.05) is 37.1 Å². The third kappa shape index (κ3) is 2.44. The molecule has 2 aliphatic rings. The summed E-state index contributed by atoms with van der Waals surface area (Å²) in [7, 11) is 3.87. The smallest absolute Gasteiger partial charge is 0.239 e. The predicted octanol–water partition coefficient (Wildman–Crippen LogP) is 1.41. The van der Waals surface area contributed by atoms with Gasteiger partial charge in [-0.2, -0.15) is 5.10 Å². The van der Waals surface area contributed by atoms with Gasteiger partial charge in [-0.3, -0.25) is 14.4 Å². The van der Waals surface area contributed by atoms with Crippen molar-refractivity contribution >= 4 is 11.7 Å². The molecule has 122 valence electrons. The summed E-state index contributed by atoms with van der Waals surface area (Å²) in [4.78, 5) is 14.5. The number of hydrogen-bond acceptors (Lipinski definition) is 4. The predicted molar refractivity (Wildman–Crippen MR) is 84.6 cm³/mol. The molecule has 6 nitrogen and oxygen atoms in total. The van der Waals surface area contributed by atoms with Crippen molar-refractivity contribution in [3.8, 4) is 0 Å². The van der Waals surface area contributed by atoms with Gasteiger partial charge in [-0.25, -0.2) is 0 Å². The zero-order valence-electron chi connectivity index (χ0n) is 14.1. The highest BCUT2D eigenvalue weighted by molar-refractivity contribution is 5.91. The van der Waals surface area contributed by atoms with Crippen molar-refractivity contribution in [2.45, 2.75) is 39.3 Å². The number of aryl methyl sites for hydroxylation is 2. The standard InChI is InChI=1S/C16H26N4O2/c1-10-8-12(20(5)18-10)17-13(21)9-19(4)14-11-6-7-22-15(11)16(14,2)3/h8,11,14-15H,6-7,9H2,1-5H3,(H,17,21)/t11-,14-,15+/m1/s1. The van der Waals surface area contributed by atoms with Crippen LogP contribution in [-0.4, -0.2) is 52.9 Å². The van der Waals surface area contributed by atoms with Crippen LogP contribution in [0, 0.1) is 18.3 Å². The number of amides is 1. The van der Waals surface area contributed by atoms with Crippen LogP contribution in [0.25, 0.3) is 0 Å². The molecule has 1 N–H and O–H groups in total. The second-order valence-corrected chi connectivity index (χ2v) is 7.27. The van der Waals surface area contributed by atoms with Gasteiger partial charge in [-0.05, 0) is 20.4 Å². The molecule has 0 radical (unpaired) electrons. The maximum atomic E-state index is 12.3. The topological polar surface area (TPSA) is 59.4 Å². The van der Waals surface area contributed by atoms with Gasteiger partial charge in [0.05, 0.1) is 18.3 Å². The van der Waals surface area contributed by atoms with Crippen LogP contribution in [0.4, 0.5) is 5.82 Å². The zero-order chi connectivity index (χ0) is 16.1. The van der Waals surface area contributed by atoms with Gasteiger partial charge in [0.2, 0.25) is 5.91 Å². The monoisotopic (exact) mass is 306 g/mol. The molecule has 3 atom stereocenters. The Morgan fingerprint density at radius 3 is 2.95 bits per heavy atom. The fourth-order valence-electron chi connectivity index (χ4n) is 4.43. The summed E-state index contributed by atoms with van der Waals surface area (Å²) >= 11 is 0. The summed E-state index contributed by atoms with van der Waals surface area (Å²) in [6, 6.07) is 2.28. The first-order valence-corrected chi connectivity index (χ1v) is 7.93. The Morgan fingerprint density at radius 2 is 2.32 bits per heavy atom. The number of ether oxygens (including phenoxy) is 1. The summed E-state index contributed by atoms with van der Waals surface area (Å²) in [6.07, 6.45) is 1.45. The highest BCUT2D eigenvalue weighted by Crippen LogP contribution is 2.54. The van der Waals surface area contributed by atoms with Crippen molar-refractivity contribution in [1.29, 1.82) is 0 Å². The molecular weight excluding hydrogens is 280 g/mol. The Hall–Kier alpha value is -1.40. The summed E-state index contributed by atoms with van der Waals surface area (Å²) < 4.78 is 7.52. The number of nitrogens with zero attached hydrogens (tertiary/aromatic N) is 3. The van der Waals surface area contributed by atoms with E-state index in [0.717, 1.165) is 24.5 Å². The van der Waals surface area contributed by atoms with E-state index in [0.29, 0.717) is 24.6 Å². The summed E-state index contributed by atoms with van der Waals surface area (Å²) in [6.45, 7) is 7.64. The van der Waals surface area contributed by atoms with Crippen LogP contribution < -0.4 is 5.32 Å². The number of hydrogen-bond donors (Lipinski definition) is 1. The van der Waals surface area contributed by atoms with Crippen LogP contribution in [0.5, 0.6) is 0 Å². The van der Waals surface area contributed by atoms with Crippen LogP contribution >= 0.6 is 0 Å². The Morgan fingerprint density at radius 1 is 1.59 bits per heavy atom. The molecule has 0 spiro atoms. The van der Waals surface area contributed by atoms with Crippen molar-refractivity contribution in [1.82, 2.24) is 14.7 Å². The first-order chi connectivity index (χ1) is 10.3. The molecule has 2 fully saturated rings. The molecule has 22 heavy (non-hydrogen) atoms. The molecule has 0 unspecified atom stereocenters. The average molecular weight is 306 g/mol. The van der Waals surface area contributed by atoms with Crippen molar-refractivity contribution in [3.05, 3.63) is 11.8 Å². The molecule has 1 aromatic rings. The Bertz CT molecular complexity index is 581. The maximum Gasteiger partial charge on any atom is 0.239 e. The van der Waals surface area contributed by atoms with Crippen LogP contribution in [0.1, 0.15) is 26.0 Å². The fourth-order valence-corrected chi connectivity index (χ4v) is 4.43. The van der Waals surface area contributed by atoms with E-state index in [1.165, 1.54) is 0 Å². The molecule has 6 heteroatoms. The third-order valence-electron chi connectivity index (χ3n) is 5.18. The lowest BCUT2D eigenvalue weighted by molar-refractivity contribution is -0.152. The summed E-state index contributed by atoms with van der Waals surface area (Å²) in [5.41, 5.74) is 1.01. The fraction of sp³-hybridized carbons (Fsp3) is 0.750. The second-order valence-electron chi connectivity index (χ2n) is 7.27. The molecule has 2 heterocycles. The Labute approximate surface area is 131 Å². The van der Waals surface area contributed by atoms with Gasteiger partial charge in [0.1, 0.15) is 5.82 Å². The van der Waals surface area contributed by atoms with Gasteiger partial charge < -0.3 is 10.1 Å². The molecule has 1 aliphatic carbocycles. The van der Waals surface area contributed by atoms with E-state index in [4.69, 9.17) is 4.74 Å². The first kappa shape index (κ1) is 15.5. The van der Waals surface area contributed by atoms with Gasteiger partial charge in [0.15, 0.2) is 0 Å². The minimum absolute atomic E-state index is 0.00339. The van der Waals surface area contributed by atoms with Crippen LogP contribution in [0.2, 0.25) is 0 Å². The molecule has 1 aliphatic heterocycles. The Balaban J connectivity index is 1.61. The van der Waals surface area contributed by atoms with Crippen molar-refractivity contribution in [2.75, 3.05) is 25.5 Å². The van der Waals surface area contributed by atoms with E-state index in [1.807, 2.05) is 27.1 Å². The molecule has 3 rings (SSSR count). The number of aromatic nitrogens is 2. The van der Waals surface area contributed by atoms with E-state index in [-0.39, 0.29) is 11.3 Å². The summed E-state index contributed by atoms with van der Waals surface area (Å²) in [5, 5.41) is 7.18. The third-order valence-corrected chi connectivity index (χ3v) is 5.18. The van der Waals surface area contributed by atoms with E-state index >= 15 is 0 Å². The normalized spacial score (nSPS) is 29.3. The lowest BCUT2D eigenvalue weighted by Crippen LogP contribution is -2.66. The second kappa shape index (κ2) is 5.35. The number of anilines is 1. The first-order valence-electron chi connectivity index (χ1n) is 7.93. The molecule has 0 aromatic carbocycles. The SMILES string of the molecule is Cc1cc(NC(=O)CN(C)[C@@H]2[C@H]3CCO[C@@H]3C2(C)C)n(C)n1. The molecule has 1 saturated heterocycles. The maximum absolute atomic E-state index is 12.3. The minimum atomic E-state index is 0.00339. The van der Waals surface area contributed by atoms with E-state index in [1.54, 1.807) is 4.68 Å². The quantitative estimate of drug-likeness (QED) is 0.914. The highest BCUT2D eigenvalue weighted by atomic mass is 16.5. The van der Waals surface area contributed by atoms with Crippen LogP contribution in [-0.2, 0) is 16.6 Å². The summed E-state index contributed by atoms with van der Waals surface area (Å²) in [5.74, 6) is 1.31. The largest absolute Gasteiger partial charge is 0.377 e. The lowest BCUT2D eigenvalue weighted by atomic mass is 9.57. The molecule has 0 bridgehead atoms. The van der Waals surface area contributed by atoms with Gasteiger partial charge >= 0.3 is 0 Å². The number of likely N-dealkylation sites (N-methyl/N-ethyl adjacent to an activating group) is 1. The van der Waals surface area contributed by atoms with Crippen molar-refractivity contribution in [3.63, 3.8) is 0 Å². The number of carbonyl (C=O) groups excluding carboxylic acids is 1. The van der Waals surface area contributed by atoms with E-state index < -0.39 is 0 Å². The van der Waals surface area contributed by atoms with E-state index in [2.05, 4.69) is 29.2 Å². The molecule has 1 amide bonds. The van der Waals surface area contributed by atoms with E-state index in [9.17, 15) is 4.79 Å². The zero-order valence-corrected chi connectivity index (χ0v) is 14.1. The number of fused-ring (bicyclic) bond motifs is 1. The highest BCUT2D eigenvalue weighted by Gasteiger charge is 2.60. The van der Waals surface area contributed by atoms with Crippen molar-refractivity contribution in [2.24, 2.45) is 18.4 Å². The van der Waals surface area contributed by atoms with Crippen LogP contribution in [0.15, 0.2) is 6.07 Å². The van der Waals surface area contributed by atoms with Crippen molar-refractivity contribution < 1.29 is 9.53 Å². The van der Waals surface area contributed by atoms with Gasteiger partial charge in [0.25, 0.3) is 0 Å². The Kier molecular flexibility index (Phi) is 3.77. The number of rotatable bonds is 4. The minimum Gasteiger partial charge on any atom is -0.377 e. The van der Waals surface area contributed by atoms with Gasteiger partial charge in [-0.15, -0.1) is 0 Å². The molecule has 1 saturated carbocycles. The van der Waals surface area contributed by atoms with Gasteiger partial charge in [-0.1, -0.05) is 13.8 Å². The van der Waals surface area contributed by atoms with Crippen LogP contribution in [0.3, 0.4) is 0 Å². The molecule has 1 aromatic heterocycles.